The van der Waals surface area contributed by atoms with E-state index in [9.17, 15) is 9.59 Å². The van der Waals surface area contributed by atoms with Gasteiger partial charge in [-0.3, -0.25) is 4.79 Å². The van der Waals surface area contributed by atoms with Gasteiger partial charge in [0.15, 0.2) is 0 Å². The number of carbonyl (C=O) groups excluding carboxylic acids is 1. The van der Waals surface area contributed by atoms with Gasteiger partial charge in [0, 0.05) is 20.1 Å². The summed E-state index contributed by atoms with van der Waals surface area (Å²) in [4.78, 5) is 24.6. The van der Waals surface area contributed by atoms with Gasteiger partial charge in [0.25, 0.3) is 0 Å². The maximum atomic E-state index is 10.9. The molecule has 0 aromatic carbocycles. The molecule has 0 radical (unpaired) electrons. The number of aliphatic carboxylic acids is 1. The van der Waals surface area contributed by atoms with Crippen LogP contribution in [0.2, 0.25) is 0 Å². The van der Waals surface area contributed by atoms with E-state index < -0.39 is 11.9 Å². The van der Waals surface area contributed by atoms with Gasteiger partial charge in [-0.05, 0) is 13.1 Å². The molecule has 0 aliphatic rings. The smallest absolute Gasteiger partial charge is 0.394 e. The van der Waals surface area contributed by atoms with E-state index in [1.807, 2.05) is 13.8 Å². The SMILES string of the molecule is CCN(CC)CCN(C)C(=O)C(=O)O. The molecule has 0 aromatic heterocycles. The Kier molecular flexibility index (Phi) is 5.87. The third-order valence-corrected chi connectivity index (χ3v) is 2.18. The largest absolute Gasteiger partial charge is 0.474 e. The first kappa shape index (κ1) is 12.9. The van der Waals surface area contributed by atoms with Gasteiger partial charge in [-0.2, -0.15) is 0 Å². The van der Waals surface area contributed by atoms with Crippen molar-refractivity contribution in [3.05, 3.63) is 0 Å². The molecule has 0 rings (SSSR count). The maximum Gasteiger partial charge on any atom is 0.394 e. The van der Waals surface area contributed by atoms with Crippen molar-refractivity contribution in [2.45, 2.75) is 13.8 Å². The number of rotatable bonds is 5. The van der Waals surface area contributed by atoms with Gasteiger partial charge in [-0.25, -0.2) is 4.79 Å². The second kappa shape index (κ2) is 6.37. The summed E-state index contributed by atoms with van der Waals surface area (Å²) in [6, 6.07) is 0. The second-order valence-electron chi connectivity index (χ2n) is 3.06. The van der Waals surface area contributed by atoms with Gasteiger partial charge in [0.1, 0.15) is 0 Å². The predicted molar refractivity (Wildman–Crippen MR) is 53.1 cm³/mol. The Balaban J connectivity index is 3.89. The molecule has 0 spiro atoms. The van der Waals surface area contributed by atoms with Gasteiger partial charge in [0.05, 0.1) is 0 Å². The summed E-state index contributed by atoms with van der Waals surface area (Å²) in [6.45, 7) is 7.04. The van der Waals surface area contributed by atoms with Gasteiger partial charge >= 0.3 is 11.9 Å². The zero-order chi connectivity index (χ0) is 11.1. The highest BCUT2D eigenvalue weighted by molar-refractivity contribution is 6.31. The normalized spacial score (nSPS) is 10.3. The number of carboxylic acids is 1. The summed E-state index contributed by atoms with van der Waals surface area (Å²) in [5.74, 6) is -2.25. The second-order valence-corrected chi connectivity index (χ2v) is 3.06. The molecule has 0 unspecified atom stereocenters. The third-order valence-electron chi connectivity index (χ3n) is 2.18. The molecule has 5 heteroatoms. The van der Waals surface area contributed by atoms with E-state index in [-0.39, 0.29) is 0 Å². The fraction of sp³-hybridized carbons (Fsp3) is 0.778. The fourth-order valence-electron chi connectivity index (χ4n) is 1.10. The van der Waals surface area contributed by atoms with E-state index in [1.165, 1.54) is 11.9 Å². The Hall–Kier alpha value is -1.10. The molecular formula is C9H18N2O3. The number of carboxylic acid groups (broad SMARTS) is 1. The van der Waals surface area contributed by atoms with Crippen molar-refractivity contribution in [3.8, 4) is 0 Å². The van der Waals surface area contributed by atoms with Crippen LogP contribution in [0.25, 0.3) is 0 Å². The number of hydrogen-bond donors (Lipinski definition) is 1. The van der Waals surface area contributed by atoms with Crippen LogP contribution in [0.3, 0.4) is 0 Å². The third kappa shape index (κ3) is 4.23. The van der Waals surface area contributed by atoms with Crippen LogP contribution >= 0.6 is 0 Å². The Labute approximate surface area is 84.3 Å². The van der Waals surface area contributed by atoms with E-state index in [2.05, 4.69) is 4.90 Å². The van der Waals surface area contributed by atoms with Crippen LogP contribution in [-0.2, 0) is 9.59 Å². The summed E-state index contributed by atoms with van der Waals surface area (Å²) in [6.07, 6.45) is 0. The molecule has 5 nitrogen and oxygen atoms in total. The lowest BCUT2D eigenvalue weighted by Gasteiger charge is -2.21. The van der Waals surface area contributed by atoms with Crippen LogP contribution in [0.4, 0.5) is 0 Å². The molecule has 0 saturated carbocycles. The number of amides is 1. The molecular weight excluding hydrogens is 184 g/mol. The van der Waals surface area contributed by atoms with Gasteiger partial charge < -0.3 is 14.9 Å². The fourth-order valence-corrected chi connectivity index (χ4v) is 1.10. The van der Waals surface area contributed by atoms with Gasteiger partial charge in [-0.15, -0.1) is 0 Å². The summed E-state index contributed by atoms with van der Waals surface area (Å²) in [7, 11) is 1.50. The lowest BCUT2D eigenvalue weighted by atomic mass is 10.4. The van der Waals surface area contributed by atoms with Crippen molar-refractivity contribution in [1.29, 1.82) is 0 Å². The Bertz CT molecular complexity index is 202. The molecule has 1 amide bonds. The highest BCUT2D eigenvalue weighted by atomic mass is 16.4. The number of hydrogen-bond acceptors (Lipinski definition) is 3. The van der Waals surface area contributed by atoms with Gasteiger partial charge in [-0.1, -0.05) is 13.8 Å². The van der Waals surface area contributed by atoms with Crippen LogP contribution in [0, 0.1) is 0 Å². The van der Waals surface area contributed by atoms with E-state index in [0.29, 0.717) is 13.1 Å². The van der Waals surface area contributed by atoms with Crippen molar-refractivity contribution in [2.24, 2.45) is 0 Å². The molecule has 1 N–H and O–H groups in total. The summed E-state index contributed by atoms with van der Waals surface area (Å²) in [5.41, 5.74) is 0. The van der Waals surface area contributed by atoms with E-state index >= 15 is 0 Å². The van der Waals surface area contributed by atoms with Crippen LogP contribution < -0.4 is 0 Å². The maximum absolute atomic E-state index is 10.9. The lowest BCUT2D eigenvalue weighted by molar-refractivity contribution is -0.155. The Morgan fingerprint density at radius 3 is 2.00 bits per heavy atom. The highest BCUT2D eigenvalue weighted by Gasteiger charge is 2.16. The average molecular weight is 202 g/mol. The first-order valence-corrected chi connectivity index (χ1v) is 4.73. The van der Waals surface area contributed by atoms with E-state index in [1.54, 1.807) is 0 Å². The van der Waals surface area contributed by atoms with Crippen molar-refractivity contribution in [2.75, 3.05) is 33.2 Å². The Morgan fingerprint density at radius 2 is 1.64 bits per heavy atom. The number of likely N-dealkylation sites (N-methyl/N-ethyl adjacent to an activating group) is 2. The molecule has 0 aliphatic heterocycles. The predicted octanol–water partition coefficient (Wildman–Crippen LogP) is -0.129. The molecule has 82 valence electrons. The van der Waals surface area contributed by atoms with Crippen molar-refractivity contribution >= 4 is 11.9 Å². The summed E-state index contributed by atoms with van der Waals surface area (Å²) >= 11 is 0. The average Bonchev–Trinajstić information content (AvgIpc) is 2.17. The minimum atomic E-state index is -1.40. The lowest BCUT2D eigenvalue weighted by Crippen LogP contribution is -2.39. The Morgan fingerprint density at radius 1 is 1.14 bits per heavy atom. The molecule has 0 fully saturated rings. The molecule has 0 heterocycles. The van der Waals surface area contributed by atoms with Crippen LogP contribution in [-0.4, -0.2) is 60.0 Å². The van der Waals surface area contributed by atoms with Crippen LogP contribution in [0.5, 0.6) is 0 Å². The zero-order valence-electron chi connectivity index (χ0n) is 8.99. The molecule has 0 aliphatic carbocycles. The van der Waals surface area contributed by atoms with Crippen LogP contribution in [0.1, 0.15) is 13.8 Å². The van der Waals surface area contributed by atoms with E-state index in [0.717, 1.165) is 13.1 Å². The molecule has 0 aromatic rings. The van der Waals surface area contributed by atoms with Crippen molar-refractivity contribution in [3.63, 3.8) is 0 Å². The monoisotopic (exact) mass is 202 g/mol. The minimum Gasteiger partial charge on any atom is -0.474 e. The highest BCUT2D eigenvalue weighted by Crippen LogP contribution is 1.90. The topological polar surface area (TPSA) is 60.9 Å². The van der Waals surface area contributed by atoms with Crippen molar-refractivity contribution in [1.82, 2.24) is 9.80 Å². The van der Waals surface area contributed by atoms with Gasteiger partial charge in [0.2, 0.25) is 0 Å². The number of nitrogens with zero attached hydrogens (tertiary/aromatic N) is 2. The minimum absolute atomic E-state index is 0.451. The zero-order valence-corrected chi connectivity index (χ0v) is 8.99. The standard InChI is InChI=1S/C9H18N2O3/c1-4-11(5-2)7-6-10(3)8(12)9(13)14/h4-7H2,1-3H3,(H,13,14). The molecule has 14 heavy (non-hydrogen) atoms. The quantitative estimate of drug-likeness (QED) is 0.631. The summed E-state index contributed by atoms with van der Waals surface area (Å²) in [5, 5.41) is 8.43. The van der Waals surface area contributed by atoms with Crippen molar-refractivity contribution < 1.29 is 14.7 Å². The number of carbonyl (C=O) groups is 2. The first-order chi connectivity index (χ1) is 6.52. The molecule has 0 saturated heterocycles. The van der Waals surface area contributed by atoms with E-state index in [4.69, 9.17) is 5.11 Å². The molecule has 0 bridgehead atoms. The molecule has 0 atom stereocenters. The van der Waals surface area contributed by atoms with Crippen LogP contribution in [0.15, 0.2) is 0 Å². The first-order valence-electron chi connectivity index (χ1n) is 4.73. The summed E-state index contributed by atoms with van der Waals surface area (Å²) < 4.78 is 0.